The molecule has 1 aliphatic rings. The second kappa shape index (κ2) is 4.99. The Morgan fingerprint density at radius 3 is 2.94 bits per heavy atom. The molecule has 0 heterocycles. The predicted molar refractivity (Wildman–Crippen MR) is 62.4 cm³/mol. The van der Waals surface area contributed by atoms with Gasteiger partial charge in [-0.2, -0.15) is 0 Å². The van der Waals surface area contributed by atoms with Crippen LogP contribution in [0.4, 0.5) is 5.69 Å². The number of phenolic OH excluding ortho intramolecular Hbond substituents is 1. The van der Waals surface area contributed by atoms with E-state index < -0.39 is 0 Å². The van der Waals surface area contributed by atoms with Crippen LogP contribution < -0.4 is 10.6 Å². The van der Waals surface area contributed by atoms with E-state index in [0.29, 0.717) is 18.2 Å². The van der Waals surface area contributed by atoms with Gasteiger partial charge in [-0.25, -0.2) is 0 Å². The van der Waals surface area contributed by atoms with Gasteiger partial charge in [0.05, 0.1) is 0 Å². The number of anilines is 1. The summed E-state index contributed by atoms with van der Waals surface area (Å²) >= 11 is 0. The van der Waals surface area contributed by atoms with Gasteiger partial charge in [-0.05, 0) is 25.0 Å². The highest BCUT2D eigenvalue weighted by molar-refractivity contribution is 5.90. The fourth-order valence-electron chi connectivity index (χ4n) is 1.48. The number of phenols is 1. The van der Waals surface area contributed by atoms with Crippen LogP contribution in [0.15, 0.2) is 24.3 Å². The lowest BCUT2D eigenvalue weighted by molar-refractivity contribution is -0.116. The average Bonchev–Trinajstić information content (AvgIpc) is 3.01. The first-order chi connectivity index (χ1) is 7.74. The van der Waals surface area contributed by atoms with Crippen LogP contribution in [0.3, 0.4) is 0 Å². The molecule has 4 heteroatoms. The molecule has 0 aliphatic heterocycles. The number of hydrogen-bond donors (Lipinski definition) is 3. The number of nitrogens with one attached hydrogen (secondary N) is 2. The molecular weight excluding hydrogens is 204 g/mol. The molecule has 0 spiro atoms. The van der Waals surface area contributed by atoms with Crippen LogP contribution in [-0.2, 0) is 4.79 Å². The van der Waals surface area contributed by atoms with E-state index in [0.717, 1.165) is 6.54 Å². The largest absolute Gasteiger partial charge is 0.508 e. The molecule has 0 saturated heterocycles. The summed E-state index contributed by atoms with van der Waals surface area (Å²) in [4.78, 5) is 11.5. The molecule has 1 amide bonds. The summed E-state index contributed by atoms with van der Waals surface area (Å²) in [6, 6.07) is 7.20. The minimum absolute atomic E-state index is 0.0289. The molecule has 0 radical (unpaired) electrons. The Morgan fingerprint density at radius 1 is 1.44 bits per heavy atom. The van der Waals surface area contributed by atoms with Crippen molar-refractivity contribution in [3.05, 3.63) is 24.3 Å². The fraction of sp³-hybridized carbons (Fsp3) is 0.417. The lowest BCUT2D eigenvalue weighted by Crippen LogP contribution is -2.23. The molecule has 1 aromatic rings. The minimum atomic E-state index is -0.0289. The smallest absolute Gasteiger partial charge is 0.225 e. The summed E-state index contributed by atoms with van der Waals surface area (Å²) < 4.78 is 0. The van der Waals surface area contributed by atoms with E-state index >= 15 is 0 Å². The van der Waals surface area contributed by atoms with E-state index in [4.69, 9.17) is 0 Å². The number of hydrogen-bond acceptors (Lipinski definition) is 3. The van der Waals surface area contributed by atoms with Gasteiger partial charge >= 0.3 is 0 Å². The number of carbonyl (C=O) groups excluding carboxylic acids is 1. The molecule has 1 fully saturated rings. The van der Waals surface area contributed by atoms with Crippen molar-refractivity contribution >= 4 is 11.6 Å². The first-order valence-electron chi connectivity index (χ1n) is 5.56. The monoisotopic (exact) mass is 220 g/mol. The highest BCUT2D eigenvalue weighted by Crippen LogP contribution is 2.18. The predicted octanol–water partition coefficient (Wildman–Crippen LogP) is 1.47. The summed E-state index contributed by atoms with van der Waals surface area (Å²) in [7, 11) is 0. The zero-order chi connectivity index (χ0) is 11.4. The molecule has 1 aliphatic carbocycles. The highest BCUT2D eigenvalue weighted by Gasteiger charge is 2.19. The quantitative estimate of drug-likeness (QED) is 0.704. The Balaban J connectivity index is 1.73. The molecule has 1 saturated carbocycles. The van der Waals surface area contributed by atoms with Crippen molar-refractivity contribution in [1.29, 1.82) is 0 Å². The topological polar surface area (TPSA) is 61.4 Å². The third-order valence-electron chi connectivity index (χ3n) is 2.49. The third-order valence-corrected chi connectivity index (χ3v) is 2.49. The molecule has 0 unspecified atom stereocenters. The van der Waals surface area contributed by atoms with Gasteiger partial charge in [0.2, 0.25) is 5.91 Å². The Morgan fingerprint density at radius 2 is 2.25 bits per heavy atom. The SMILES string of the molecule is O=C(CCNC1CC1)Nc1cccc(O)c1. The standard InChI is InChI=1S/C12H16N2O2/c15-11-3-1-2-10(8-11)14-12(16)6-7-13-9-4-5-9/h1-3,8-9,13,15H,4-7H2,(H,14,16). The molecular formula is C12H16N2O2. The van der Waals surface area contributed by atoms with Crippen molar-refractivity contribution in [1.82, 2.24) is 5.32 Å². The van der Waals surface area contributed by atoms with Crippen LogP contribution in [0, 0.1) is 0 Å². The highest BCUT2D eigenvalue weighted by atomic mass is 16.3. The summed E-state index contributed by atoms with van der Waals surface area (Å²) in [5.74, 6) is 0.132. The lowest BCUT2D eigenvalue weighted by atomic mass is 10.3. The molecule has 2 rings (SSSR count). The van der Waals surface area contributed by atoms with E-state index in [1.54, 1.807) is 18.2 Å². The van der Waals surface area contributed by atoms with Gasteiger partial charge in [-0.15, -0.1) is 0 Å². The molecule has 1 aromatic carbocycles. The molecule has 86 valence electrons. The van der Waals surface area contributed by atoms with Crippen LogP contribution in [-0.4, -0.2) is 23.6 Å². The molecule has 3 N–H and O–H groups in total. The lowest BCUT2D eigenvalue weighted by Gasteiger charge is -2.06. The minimum Gasteiger partial charge on any atom is -0.508 e. The fourth-order valence-corrected chi connectivity index (χ4v) is 1.48. The van der Waals surface area contributed by atoms with Crippen LogP contribution in [0.25, 0.3) is 0 Å². The Hall–Kier alpha value is -1.55. The van der Waals surface area contributed by atoms with Gasteiger partial charge in [0.15, 0.2) is 0 Å². The number of amides is 1. The van der Waals surface area contributed by atoms with Crippen molar-refractivity contribution in [3.63, 3.8) is 0 Å². The van der Waals surface area contributed by atoms with E-state index in [9.17, 15) is 9.90 Å². The Kier molecular flexibility index (Phi) is 3.41. The van der Waals surface area contributed by atoms with Crippen LogP contribution in [0.1, 0.15) is 19.3 Å². The Bertz CT molecular complexity index is 375. The maximum atomic E-state index is 11.5. The van der Waals surface area contributed by atoms with Crippen molar-refractivity contribution in [3.8, 4) is 5.75 Å². The van der Waals surface area contributed by atoms with E-state index in [2.05, 4.69) is 10.6 Å². The second-order valence-corrected chi connectivity index (χ2v) is 4.08. The third kappa shape index (κ3) is 3.55. The van der Waals surface area contributed by atoms with Gasteiger partial charge < -0.3 is 15.7 Å². The van der Waals surface area contributed by atoms with Gasteiger partial charge in [-0.3, -0.25) is 4.79 Å². The molecule has 16 heavy (non-hydrogen) atoms. The van der Waals surface area contributed by atoms with Crippen LogP contribution in [0.2, 0.25) is 0 Å². The number of aromatic hydroxyl groups is 1. The molecule has 0 bridgehead atoms. The van der Waals surface area contributed by atoms with Crippen molar-refractivity contribution in [2.75, 3.05) is 11.9 Å². The van der Waals surface area contributed by atoms with Gasteiger partial charge in [0.1, 0.15) is 5.75 Å². The zero-order valence-electron chi connectivity index (χ0n) is 9.07. The summed E-state index contributed by atoms with van der Waals surface area (Å²) in [6.45, 7) is 0.718. The van der Waals surface area contributed by atoms with Crippen LogP contribution >= 0.6 is 0 Å². The van der Waals surface area contributed by atoms with Gasteiger partial charge in [0.25, 0.3) is 0 Å². The van der Waals surface area contributed by atoms with E-state index in [1.807, 2.05) is 0 Å². The van der Waals surface area contributed by atoms with Gasteiger partial charge in [-0.1, -0.05) is 6.07 Å². The number of rotatable bonds is 5. The first-order valence-corrected chi connectivity index (χ1v) is 5.56. The zero-order valence-corrected chi connectivity index (χ0v) is 9.07. The number of carbonyl (C=O) groups is 1. The van der Waals surface area contributed by atoms with Crippen LogP contribution in [0.5, 0.6) is 5.75 Å². The van der Waals surface area contributed by atoms with E-state index in [1.165, 1.54) is 18.9 Å². The van der Waals surface area contributed by atoms with E-state index in [-0.39, 0.29) is 11.7 Å². The summed E-state index contributed by atoms with van der Waals surface area (Å²) in [5.41, 5.74) is 0.636. The first kappa shape index (κ1) is 11.0. The Labute approximate surface area is 94.7 Å². The summed E-state index contributed by atoms with van der Waals surface area (Å²) in [5, 5.41) is 15.2. The molecule has 0 aromatic heterocycles. The van der Waals surface area contributed by atoms with Crippen molar-refractivity contribution < 1.29 is 9.90 Å². The second-order valence-electron chi connectivity index (χ2n) is 4.08. The van der Waals surface area contributed by atoms with Crippen molar-refractivity contribution in [2.45, 2.75) is 25.3 Å². The molecule has 0 atom stereocenters. The van der Waals surface area contributed by atoms with Gasteiger partial charge in [0, 0.05) is 30.8 Å². The normalized spacial score (nSPS) is 14.8. The number of benzene rings is 1. The van der Waals surface area contributed by atoms with Crippen molar-refractivity contribution in [2.24, 2.45) is 0 Å². The molecule has 4 nitrogen and oxygen atoms in total. The average molecular weight is 220 g/mol. The maximum absolute atomic E-state index is 11.5. The maximum Gasteiger partial charge on any atom is 0.225 e. The summed E-state index contributed by atoms with van der Waals surface area (Å²) in [6.07, 6.45) is 2.93.